The maximum Gasteiger partial charge on any atom is 0.235 e. The summed E-state index contributed by atoms with van der Waals surface area (Å²) in [4.78, 5) is 15.0. The van der Waals surface area contributed by atoms with Crippen LogP contribution < -0.4 is 0 Å². The highest BCUT2D eigenvalue weighted by Crippen LogP contribution is 2.37. The molecular weight excluding hydrogens is 466 g/mol. The van der Waals surface area contributed by atoms with Crippen LogP contribution in [0.5, 0.6) is 0 Å². The van der Waals surface area contributed by atoms with Crippen LogP contribution in [0.25, 0.3) is 66.5 Å². The van der Waals surface area contributed by atoms with Gasteiger partial charge in [-0.3, -0.25) is 9.55 Å². The molecule has 0 amide bonds. The van der Waals surface area contributed by atoms with Crippen LogP contribution in [0, 0.1) is 0 Å². The van der Waals surface area contributed by atoms with Gasteiger partial charge in [0, 0.05) is 40.4 Å². The molecule has 0 saturated carbocycles. The van der Waals surface area contributed by atoms with Gasteiger partial charge in [-0.05, 0) is 47.2 Å². The number of hydrogen-bond acceptors (Lipinski definition) is 3. The average molecular weight is 488 g/mol. The molecule has 0 fully saturated rings. The van der Waals surface area contributed by atoms with Gasteiger partial charge in [-0.25, -0.2) is 9.97 Å². The Hall–Kier alpha value is -5.29. The van der Waals surface area contributed by atoms with Gasteiger partial charge in [0.1, 0.15) is 5.69 Å². The topological polar surface area (TPSA) is 48.5 Å². The first-order chi connectivity index (χ1) is 18.8. The normalized spacial score (nSPS) is 11.7. The summed E-state index contributed by atoms with van der Waals surface area (Å²) >= 11 is 0. The van der Waals surface area contributed by atoms with Crippen LogP contribution in [0.15, 0.2) is 128 Å². The smallest absolute Gasteiger partial charge is 0.235 e. The third-order valence-corrected chi connectivity index (χ3v) is 7.22. The quantitative estimate of drug-likeness (QED) is 0.256. The summed E-state index contributed by atoms with van der Waals surface area (Å²) in [5.41, 5.74) is 5.73. The molecule has 4 aromatic carbocycles. The maximum absolute atomic E-state index is 5.18. The van der Waals surface area contributed by atoms with Crippen LogP contribution >= 0.6 is 0 Å². The van der Waals surface area contributed by atoms with Crippen molar-refractivity contribution in [3.63, 3.8) is 0 Å². The fourth-order valence-electron chi connectivity index (χ4n) is 5.51. The molecule has 0 bridgehead atoms. The van der Waals surface area contributed by atoms with Crippen molar-refractivity contribution in [3.05, 3.63) is 128 Å². The standard InChI is InChI=1S/C33H21N5/c1-2-11-23(12-3-1)37-20-26-28(21-37)35-33(36-32(26)27-15-8-9-19-34-27)38-29-16-7-6-14-25(29)31-24-13-5-4-10-22(24)17-18-30(31)38/h1-21H. The largest absolute Gasteiger partial charge is 0.321 e. The first-order valence-corrected chi connectivity index (χ1v) is 12.6. The van der Waals surface area contributed by atoms with Gasteiger partial charge in [0.2, 0.25) is 5.95 Å². The molecule has 0 N–H and O–H groups in total. The highest BCUT2D eigenvalue weighted by Gasteiger charge is 2.19. The van der Waals surface area contributed by atoms with Crippen molar-refractivity contribution in [2.75, 3.05) is 0 Å². The predicted octanol–water partition coefficient (Wildman–Crippen LogP) is 7.73. The molecule has 0 aliphatic heterocycles. The Morgan fingerprint density at radius 1 is 0.553 bits per heavy atom. The van der Waals surface area contributed by atoms with E-state index in [1.54, 1.807) is 0 Å². The van der Waals surface area contributed by atoms with Crippen LogP contribution in [0.3, 0.4) is 0 Å². The Morgan fingerprint density at radius 3 is 2.21 bits per heavy atom. The van der Waals surface area contributed by atoms with Gasteiger partial charge in [0.15, 0.2) is 0 Å². The van der Waals surface area contributed by atoms with E-state index < -0.39 is 0 Å². The molecule has 8 aromatic rings. The molecule has 8 rings (SSSR count). The molecule has 0 spiro atoms. The number of hydrogen-bond donors (Lipinski definition) is 0. The Morgan fingerprint density at radius 2 is 1.34 bits per heavy atom. The first kappa shape index (κ1) is 20.9. The summed E-state index contributed by atoms with van der Waals surface area (Å²) in [6, 6.07) is 37.6. The lowest BCUT2D eigenvalue weighted by Gasteiger charge is -2.09. The highest BCUT2D eigenvalue weighted by molar-refractivity contribution is 6.21. The molecule has 4 heterocycles. The van der Waals surface area contributed by atoms with E-state index in [9.17, 15) is 0 Å². The summed E-state index contributed by atoms with van der Waals surface area (Å²) in [5, 5.41) is 5.80. The van der Waals surface area contributed by atoms with Gasteiger partial charge in [-0.15, -0.1) is 0 Å². The molecule has 0 aliphatic carbocycles. The lowest BCUT2D eigenvalue weighted by Crippen LogP contribution is -2.03. The molecule has 5 nitrogen and oxygen atoms in total. The number of para-hydroxylation sites is 2. The van der Waals surface area contributed by atoms with Crippen LogP contribution in [0.2, 0.25) is 0 Å². The van der Waals surface area contributed by atoms with E-state index in [-0.39, 0.29) is 0 Å². The van der Waals surface area contributed by atoms with E-state index in [0.717, 1.165) is 39.0 Å². The van der Waals surface area contributed by atoms with Crippen molar-refractivity contribution in [1.29, 1.82) is 0 Å². The summed E-state index contributed by atoms with van der Waals surface area (Å²) < 4.78 is 4.29. The van der Waals surface area contributed by atoms with Crippen LogP contribution in [-0.2, 0) is 0 Å². The van der Waals surface area contributed by atoms with Crippen molar-refractivity contribution in [2.24, 2.45) is 0 Å². The molecule has 0 unspecified atom stereocenters. The van der Waals surface area contributed by atoms with E-state index in [1.807, 2.05) is 42.6 Å². The third-order valence-electron chi connectivity index (χ3n) is 7.22. The number of fused-ring (bicyclic) bond motifs is 6. The van der Waals surface area contributed by atoms with Gasteiger partial charge in [-0.1, -0.05) is 72.8 Å². The molecule has 38 heavy (non-hydrogen) atoms. The Bertz CT molecular complexity index is 2120. The summed E-state index contributed by atoms with van der Waals surface area (Å²) in [7, 11) is 0. The van der Waals surface area contributed by atoms with Crippen LogP contribution in [0.4, 0.5) is 0 Å². The minimum atomic E-state index is 0.630. The van der Waals surface area contributed by atoms with Crippen LogP contribution in [-0.4, -0.2) is 24.1 Å². The van der Waals surface area contributed by atoms with Gasteiger partial charge < -0.3 is 4.57 Å². The molecular formula is C33H21N5. The van der Waals surface area contributed by atoms with Gasteiger partial charge >= 0.3 is 0 Å². The Kier molecular flexibility index (Phi) is 4.45. The lowest BCUT2D eigenvalue weighted by molar-refractivity contribution is 1.01. The highest BCUT2D eigenvalue weighted by atomic mass is 15.2. The molecule has 0 radical (unpaired) electrons. The summed E-state index contributed by atoms with van der Waals surface area (Å²) in [6.45, 7) is 0. The molecule has 0 atom stereocenters. The van der Waals surface area contributed by atoms with Crippen molar-refractivity contribution in [3.8, 4) is 23.0 Å². The third kappa shape index (κ3) is 3.09. The van der Waals surface area contributed by atoms with E-state index >= 15 is 0 Å². The van der Waals surface area contributed by atoms with Crippen LogP contribution in [0.1, 0.15) is 0 Å². The summed E-state index contributed by atoms with van der Waals surface area (Å²) in [6.07, 6.45) is 5.98. The van der Waals surface area contributed by atoms with E-state index in [2.05, 4.69) is 99.3 Å². The van der Waals surface area contributed by atoms with Gasteiger partial charge in [0.25, 0.3) is 0 Å². The Labute approximate surface area is 218 Å². The molecule has 5 heteroatoms. The van der Waals surface area contributed by atoms with Crippen molar-refractivity contribution in [2.45, 2.75) is 0 Å². The molecule has 178 valence electrons. The number of pyridine rings is 1. The number of benzene rings is 4. The van der Waals surface area contributed by atoms with E-state index in [4.69, 9.17) is 9.97 Å². The second-order valence-corrected chi connectivity index (χ2v) is 9.42. The fourth-order valence-corrected chi connectivity index (χ4v) is 5.51. The Balaban J connectivity index is 1.48. The van der Waals surface area contributed by atoms with E-state index in [0.29, 0.717) is 5.95 Å². The number of rotatable bonds is 3. The first-order valence-electron chi connectivity index (χ1n) is 12.6. The van der Waals surface area contributed by atoms with Crippen molar-refractivity contribution < 1.29 is 0 Å². The fraction of sp³-hybridized carbons (Fsp3) is 0. The second kappa shape index (κ2) is 8.11. The molecule has 0 saturated heterocycles. The maximum atomic E-state index is 5.18. The number of aromatic nitrogens is 5. The summed E-state index contributed by atoms with van der Waals surface area (Å²) in [5.74, 6) is 0.630. The van der Waals surface area contributed by atoms with Gasteiger partial charge in [-0.2, -0.15) is 0 Å². The zero-order chi connectivity index (χ0) is 25.1. The second-order valence-electron chi connectivity index (χ2n) is 9.42. The molecule has 4 aromatic heterocycles. The van der Waals surface area contributed by atoms with E-state index in [1.165, 1.54) is 21.5 Å². The minimum absolute atomic E-state index is 0.630. The SMILES string of the molecule is c1ccc(-n2cc3nc(-n4c5ccccc5c5c6ccccc6ccc54)nc(-c4ccccn4)c3c2)cc1. The predicted molar refractivity (Wildman–Crippen MR) is 154 cm³/mol. The van der Waals surface area contributed by atoms with Gasteiger partial charge in [0.05, 0.1) is 22.2 Å². The monoisotopic (exact) mass is 487 g/mol. The molecule has 0 aliphatic rings. The minimum Gasteiger partial charge on any atom is -0.321 e. The van der Waals surface area contributed by atoms with Crippen molar-refractivity contribution >= 4 is 43.5 Å². The average Bonchev–Trinajstić information content (AvgIpc) is 3.57. The number of nitrogens with zero attached hydrogens (tertiary/aromatic N) is 5. The van der Waals surface area contributed by atoms with Crippen molar-refractivity contribution in [1.82, 2.24) is 24.1 Å². The zero-order valence-electron chi connectivity index (χ0n) is 20.4. The lowest BCUT2D eigenvalue weighted by atomic mass is 10.0. The zero-order valence-corrected chi connectivity index (χ0v) is 20.4.